The number of amides is 1. The summed E-state index contributed by atoms with van der Waals surface area (Å²) in [4.78, 5) is 18.6. The highest BCUT2D eigenvalue weighted by molar-refractivity contribution is 7.18. The van der Waals surface area contributed by atoms with E-state index in [4.69, 9.17) is 4.98 Å². The molecule has 4 nitrogen and oxygen atoms in total. The molecule has 1 saturated heterocycles. The lowest BCUT2D eigenvalue weighted by molar-refractivity contribution is -0.929. The molecule has 4 rings (SSSR count). The summed E-state index contributed by atoms with van der Waals surface area (Å²) < 4.78 is 14.9. The lowest BCUT2D eigenvalue weighted by Crippen LogP contribution is -3.14. The zero-order chi connectivity index (χ0) is 18.8. The molecule has 140 valence electrons. The SMILES string of the molecule is Cc1ccc(NC(=O)C[NH+]2CCCC[C@H]2c2nc3ccccc3s2)cc1F. The van der Waals surface area contributed by atoms with E-state index in [0.717, 1.165) is 36.3 Å². The zero-order valence-corrected chi connectivity index (χ0v) is 16.1. The van der Waals surface area contributed by atoms with Crippen LogP contribution in [0.5, 0.6) is 0 Å². The molecule has 0 spiro atoms. The normalized spacial score (nSPS) is 19.9. The van der Waals surface area contributed by atoms with E-state index in [1.807, 2.05) is 18.2 Å². The minimum Gasteiger partial charge on any atom is -0.321 e. The van der Waals surface area contributed by atoms with Gasteiger partial charge in [-0.25, -0.2) is 9.37 Å². The first-order chi connectivity index (χ1) is 13.1. The summed E-state index contributed by atoms with van der Waals surface area (Å²) in [5.74, 6) is -0.383. The average Bonchev–Trinajstić information content (AvgIpc) is 3.09. The number of aromatic nitrogens is 1. The molecule has 0 bridgehead atoms. The minimum absolute atomic E-state index is 0.0822. The first kappa shape index (κ1) is 18.1. The van der Waals surface area contributed by atoms with Crippen molar-refractivity contribution in [3.8, 4) is 0 Å². The van der Waals surface area contributed by atoms with Crippen LogP contribution in [-0.4, -0.2) is 24.0 Å². The van der Waals surface area contributed by atoms with Crippen molar-refractivity contribution in [3.63, 3.8) is 0 Å². The second kappa shape index (κ2) is 7.74. The Hall–Kier alpha value is -2.31. The summed E-state index contributed by atoms with van der Waals surface area (Å²) in [6.07, 6.45) is 3.32. The number of benzene rings is 2. The molecule has 1 unspecified atom stereocenters. The van der Waals surface area contributed by atoms with E-state index in [1.165, 1.54) is 15.7 Å². The van der Waals surface area contributed by atoms with Crippen LogP contribution in [0.15, 0.2) is 42.5 Å². The van der Waals surface area contributed by atoms with Gasteiger partial charge in [0.1, 0.15) is 11.9 Å². The van der Waals surface area contributed by atoms with Gasteiger partial charge < -0.3 is 10.2 Å². The predicted octanol–water partition coefficient (Wildman–Crippen LogP) is 3.49. The van der Waals surface area contributed by atoms with Crippen LogP contribution in [0.2, 0.25) is 0 Å². The van der Waals surface area contributed by atoms with Gasteiger partial charge in [0.25, 0.3) is 5.91 Å². The Balaban J connectivity index is 1.48. The molecular formula is C21H23FN3OS+. The second-order valence-corrected chi connectivity index (χ2v) is 8.23. The summed E-state index contributed by atoms with van der Waals surface area (Å²) in [5, 5.41) is 3.95. The molecular weight excluding hydrogens is 361 g/mol. The standard InChI is InChI=1S/C21H22FN3OS/c1-14-9-10-15(12-16(14)22)23-20(26)13-25-11-5-4-7-18(25)21-24-17-6-2-3-8-19(17)27-21/h2-3,6,8-10,12,18H,4-5,7,11,13H2,1H3,(H,23,26)/p+1/t18-/m0/s1. The van der Waals surface area contributed by atoms with Crippen LogP contribution >= 0.6 is 11.3 Å². The van der Waals surface area contributed by atoms with Crippen LogP contribution in [0.4, 0.5) is 10.1 Å². The van der Waals surface area contributed by atoms with E-state index in [0.29, 0.717) is 17.8 Å². The Morgan fingerprint density at radius 1 is 1.30 bits per heavy atom. The molecule has 1 fully saturated rings. The zero-order valence-electron chi connectivity index (χ0n) is 15.3. The summed E-state index contributed by atoms with van der Waals surface area (Å²) in [5.41, 5.74) is 2.11. The number of aryl methyl sites for hydroxylation is 1. The summed E-state index contributed by atoms with van der Waals surface area (Å²) >= 11 is 1.73. The third-order valence-electron chi connectivity index (χ3n) is 5.19. The number of carbonyl (C=O) groups excluding carboxylic acids is 1. The highest BCUT2D eigenvalue weighted by atomic mass is 32.1. The van der Waals surface area contributed by atoms with E-state index < -0.39 is 0 Å². The smallest absolute Gasteiger partial charge is 0.279 e. The van der Waals surface area contributed by atoms with Gasteiger partial charge in [-0.2, -0.15) is 0 Å². The molecule has 2 N–H and O–H groups in total. The van der Waals surface area contributed by atoms with Gasteiger partial charge in [-0.05, 0) is 49.6 Å². The van der Waals surface area contributed by atoms with Gasteiger partial charge in [0.15, 0.2) is 11.6 Å². The molecule has 6 heteroatoms. The van der Waals surface area contributed by atoms with Crippen LogP contribution in [0, 0.1) is 12.7 Å². The molecule has 1 aliphatic rings. The maximum atomic E-state index is 13.7. The number of hydrogen-bond acceptors (Lipinski definition) is 3. The van der Waals surface area contributed by atoms with Crippen molar-refractivity contribution in [1.82, 2.24) is 4.98 Å². The molecule has 1 aliphatic heterocycles. The van der Waals surface area contributed by atoms with Gasteiger partial charge in [0, 0.05) is 12.1 Å². The number of nitrogens with one attached hydrogen (secondary N) is 2. The van der Waals surface area contributed by atoms with E-state index in [1.54, 1.807) is 30.4 Å². The van der Waals surface area contributed by atoms with Gasteiger partial charge in [0.05, 0.1) is 16.8 Å². The highest BCUT2D eigenvalue weighted by Gasteiger charge is 2.31. The predicted molar refractivity (Wildman–Crippen MR) is 107 cm³/mol. The van der Waals surface area contributed by atoms with Crippen molar-refractivity contribution in [2.45, 2.75) is 32.2 Å². The molecule has 1 amide bonds. The number of rotatable bonds is 4. The van der Waals surface area contributed by atoms with E-state index >= 15 is 0 Å². The maximum Gasteiger partial charge on any atom is 0.279 e. The van der Waals surface area contributed by atoms with Crippen molar-refractivity contribution in [2.75, 3.05) is 18.4 Å². The first-order valence-electron chi connectivity index (χ1n) is 9.36. The van der Waals surface area contributed by atoms with Crippen LogP contribution in [0.3, 0.4) is 0 Å². The number of quaternary nitrogens is 1. The Morgan fingerprint density at radius 3 is 2.96 bits per heavy atom. The number of anilines is 1. The van der Waals surface area contributed by atoms with E-state index in [9.17, 15) is 9.18 Å². The highest BCUT2D eigenvalue weighted by Crippen LogP contribution is 2.28. The lowest BCUT2D eigenvalue weighted by atomic mass is 10.0. The molecule has 3 aromatic rings. The first-order valence-corrected chi connectivity index (χ1v) is 10.2. The second-order valence-electron chi connectivity index (χ2n) is 7.17. The Morgan fingerprint density at radius 2 is 2.15 bits per heavy atom. The van der Waals surface area contributed by atoms with Crippen molar-refractivity contribution in [3.05, 3.63) is 58.9 Å². The number of hydrogen-bond donors (Lipinski definition) is 2. The Bertz CT molecular complexity index is 938. The van der Waals surface area contributed by atoms with Gasteiger partial charge in [0.2, 0.25) is 0 Å². The Kier molecular flexibility index (Phi) is 5.18. The monoisotopic (exact) mass is 384 g/mol. The maximum absolute atomic E-state index is 13.7. The number of halogens is 1. The minimum atomic E-state index is -0.300. The van der Waals surface area contributed by atoms with E-state index in [-0.39, 0.29) is 17.8 Å². The van der Waals surface area contributed by atoms with Gasteiger partial charge >= 0.3 is 0 Å². The third kappa shape index (κ3) is 4.01. The van der Waals surface area contributed by atoms with Crippen molar-refractivity contribution in [1.29, 1.82) is 0 Å². The number of fused-ring (bicyclic) bond motifs is 1. The lowest BCUT2D eigenvalue weighted by Gasteiger charge is -2.30. The van der Waals surface area contributed by atoms with Crippen LogP contribution in [-0.2, 0) is 4.79 Å². The number of thiazole rings is 1. The number of piperidine rings is 1. The van der Waals surface area contributed by atoms with Crippen LogP contribution < -0.4 is 10.2 Å². The fourth-order valence-electron chi connectivity index (χ4n) is 3.71. The largest absolute Gasteiger partial charge is 0.321 e. The number of nitrogens with zero attached hydrogens (tertiary/aromatic N) is 1. The molecule has 0 aliphatic carbocycles. The molecule has 2 heterocycles. The van der Waals surface area contributed by atoms with Crippen LogP contribution in [0.25, 0.3) is 10.2 Å². The molecule has 0 saturated carbocycles. The third-order valence-corrected chi connectivity index (χ3v) is 6.34. The van der Waals surface area contributed by atoms with Crippen molar-refractivity contribution >= 4 is 33.1 Å². The fourth-order valence-corrected chi connectivity index (χ4v) is 4.87. The van der Waals surface area contributed by atoms with Crippen molar-refractivity contribution in [2.24, 2.45) is 0 Å². The molecule has 1 aromatic heterocycles. The molecule has 0 radical (unpaired) electrons. The molecule has 2 aromatic carbocycles. The number of para-hydroxylation sites is 1. The van der Waals surface area contributed by atoms with Crippen molar-refractivity contribution < 1.29 is 14.1 Å². The average molecular weight is 384 g/mol. The summed E-state index contributed by atoms with van der Waals surface area (Å²) in [6.45, 7) is 3.04. The summed E-state index contributed by atoms with van der Waals surface area (Å²) in [6, 6.07) is 13.2. The fraction of sp³-hybridized carbons (Fsp3) is 0.333. The quantitative estimate of drug-likeness (QED) is 0.723. The van der Waals surface area contributed by atoms with E-state index in [2.05, 4.69) is 11.4 Å². The topological polar surface area (TPSA) is 46.4 Å². The van der Waals surface area contributed by atoms with Gasteiger partial charge in [-0.1, -0.05) is 18.2 Å². The Labute approximate surface area is 162 Å². The molecule has 27 heavy (non-hydrogen) atoms. The summed E-state index contributed by atoms with van der Waals surface area (Å²) in [7, 11) is 0. The number of carbonyl (C=O) groups is 1. The van der Waals surface area contributed by atoms with Gasteiger partial charge in [-0.3, -0.25) is 4.79 Å². The van der Waals surface area contributed by atoms with Crippen LogP contribution in [0.1, 0.15) is 35.9 Å². The van der Waals surface area contributed by atoms with Gasteiger partial charge in [-0.15, -0.1) is 11.3 Å². The molecule has 2 atom stereocenters. The number of likely N-dealkylation sites (tertiary alicyclic amines) is 1.